The lowest BCUT2D eigenvalue weighted by molar-refractivity contribution is -0.143. The van der Waals surface area contributed by atoms with Gasteiger partial charge in [-0.15, -0.1) is 0 Å². The lowest BCUT2D eigenvalue weighted by atomic mass is 10.1. The molecular formula is C18H16F6N2O3. The number of benzene rings is 2. The number of halogens is 6. The van der Waals surface area contributed by atoms with Gasteiger partial charge in [-0.25, -0.2) is 0 Å². The molecule has 0 aliphatic rings. The minimum Gasteiger partial charge on any atom is -0.497 e. The molecule has 0 fully saturated rings. The van der Waals surface area contributed by atoms with Crippen molar-refractivity contribution in [1.29, 1.82) is 0 Å². The smallest absolute Gasteiger partial charge is 0.416 e. The Bertz CT molecular complexity index is 849. The van der Waals surface area contributed by atoms with Gasteiger partial charge < -0.3 is 20.1 Å². The van der Waals surface area contributed by atoms with Crippen LogP contribution in [0.4, 0.5) is 37.7 Å². The summed E-state index contributed by atoms with van der Waals surface area (Å²) in [7, 11) is 2.76. The zero-order valence-corrected chi connectivity index (χ0v) is 15.2. The van der Waals surface area contributed by atoms with E-state index in [-0.39, 0.29) is 17.5 Å². The fourth-order valence-corrected chi connectivity index (χ4v) is 2.35. The van der Waals surface area contributed by atoms with Gasteiger partial charge in [0.25, 0.3) is 0 Å². The van der Waals surface area contributed by atoms with Gasteiger partial charge in [-0.2, -0.15) is 26.3 Å². The van der Waals surface area contributed by atoms with Crippen molar-refractivity contribution < 1.29 is 40.6 Å². The Kier molecular flexibility index (Phi) is 6.50. The predicted octanol–water partition coefficient (Wildman–Crippen LogP) is 4.79. The highest BCUT2D eigenvalue weighted by atomic mass is 19.4. The van der Waals surface area contributed by atoms with Gasteiger partial charge in [0.2, 0.25) is 5.91 Å². The summed E-state index contributed by atoms with van der Waals surface area (Å²) in [4.78, 5) is 12.1. The second-order valence-corrected chi connectivity index (χ2v) is 5.76. The number of alkyl halides is 6. The number of methoxy groups -OCH3 is 2. The first kappa shape index (κ1) is 22.2. The number of rotatable bonds is 6. The maximum atomic E-state index is 12.9. The third kappa shape index (κ3) is 5.93. The van der Waals surface area contributed by atoms with Crippen LogP contribution >= 0.6 is 0 Å². The highest BCUT2D eigenvalue weighted by molar-refractivity contribution is 5.95. The van der Waals surface area contributed by atoms with Crippen molar-refractivity contribution in [2.24, 2.45) is 0 Å². The summed E-state index contributed by atoms with van der Waals surface area (Å²) in [6.45, 7) is -0.584. The molecule has 0 aliphatic heterocycles. The largest absolute Gasteiger partial charge is 0.497 e. The van der Waals surface area contributed by atoms with E-state index in [1.54, 1.807) is 6.07 Å². The molecular weight excluding hydrogens is 406 g/mol. The van der Waals surface area contributed by atoms with Gasteiger partial charge in [-0.1, -0.05) is 0 Å². The number of nitrogens with one attached hydrogen (secondary N) is 2. The van der Waals surface area contributed by atoms with Crippen molar-refractivity contribution in [2.75, 3.05) is 31.4 Å². The summed E-state index contributed by atoms with van der Waals surface area (Å²) >= 11 is 0. The standard InChI is InChI=1S/C18H16F6N2O3/c1-28-13-3-4-15(29-2)14(8-13)26-16(27)9-25-12-6-10(17(19,20)21)5-11(7-12)18(22,23)24/h3-8,25H,9H2,1-2H3,(H,26,27). The third-order valence-corrected chi connectivity index (χ3v) is 3.72. The number of hydrogen-bond donors (Lipinski definition) is 2. The molecule has 2 aromatic carbocycles. The van der Waals surface area contributed by atoms with E-state index >= 15 is 0 Å². The highest BCUT2D eigenvalue weighted by Gasteiger charge is 2.36. The van der Waals surface area contributed by atoms with Crippen molar-refractivity contribution in [3.63, 3.8) is 0 Å². The van der Waals surface area contributed by atoms with Gasteiger partial charge >= 0.3 is 12.4 Å². The Morgan fingerprint density at radius 3 is 1.97 bits per heavy atom. The van der Waals surface area contributed by atoms with Crippen LogP contribution in [0, 0.1) is 0 Å². The number of anilines is 2. The maximum absolute atomic E-state index is 12.9. The van der Waals surface area contributed by atoms with E-state index in [9.17, 15) is 31.1 Å². The topological polar surface area (TPSA) is 59.6 Å². The fraction of sp³-hybridized carbons (Fsp3) is 0.278. The summed E-state index contributed by atoms with van der Waals surface area (Å²) < 4.78 is 87.4. The molecule has 2 N–H and O–H groups in total. The Hall–Kier alpha value is -3.11. The molecule has 0 spiro atoms. The van der Waals surface area contributed by atoms with E-state index in [4.69, 9.17) is 9.47 Å². The monoisotopic (exact) mass is 422 g/mol. The zero-order chi connectivity index (χ0) is 21.8. The van der Waals surface area contributed by atoms with Crippen LogP contribution in [0.25, 0.3) is 0 Å². The van der Waals surface area contributed by atoms with Gasteiger partial charge in [-0.3, -0.25) is 4.79 Å². The maximum Gasteiger partial charge on any atom is 0.416 e. The molecule has 0 saturated heterocycles. The van der Waals surface area contributed by atoms with Crippen molar-refractivity contribution in [1.82, 2.24) is 0 Å². The molecule has 0 saturated carbocycles. The lowest BCUT2D eigenvalue weighted by Gasteiger charge is -2.16. The molecule has 1 amide bonds. The summed E-state index contributed by atoms with van der Waals surface area (Å²) in [5.41, 5.74) is -3.24. The molecule has 11 heteroatoms. The molecule has 29 heavy (non-hydrogen) atoms. The second kappa shape index (κ2) is 8.50. The van der Waals surface area contributed by atoms with Gasteiger partial charge in [0.15, 0.2) is 0 Å². The normalized spacial score (nSPS) is 11.7. The molecule has 2 aromatic rings. The summed E-state index contributed by atoms with van der Waals surface area (Å²) in [5, 5.41) is 4.72. The molecule has 5 nitrogen and oxygen atoms in total. The molecule has 0 unspecified atom stereocenters. The quantitative estimate of drug-likeness (QED) is 0.658. The average molecular weight is 422 g/mol. The molecule has 0 aliphatic carbocycles. The Labute approximate surface area is 161 Å². The SMILES string of the molecule is COc1ccc(OC)c(NC(=O)CNc2cc(C(F)(F)F)cc(C(F)(F)F)c2)c1. The summed E-state index contributed by atoms with van der Waals surface area (Å²) in [5.74, 6) is -0.0261. The van der Waals surface area contributed by atoms with Crippen molar-refractivity contribution in [3.8, 4) is 11.5 Å². The van der Waals surface area contributed by atoms with Crippen LogP contribution in [0.2, 0.25) is 0 Å². The number of hydrogen-bond acceptors (Lipinski definition) is 4. The van der Waals surface area contributed by atoms with Crippen LogP contribution in [0.15, 0.2) is 36.4 Å². The number of carbonyl (C=O) groups is 1. The molecule has 0 bridgehead atoms. The van der Waals surface area contributed by atoms with E-state index in [0.717, 1.165) is 0 Å². The van der Waals surface area contributed by atoms with E-state index in [2.05, 4.69) is 10.6 Å². The van der Waals surface area contributed by atoms with E-state index < -0.39 is 41.6 Å². The first-order valence-electron chi connectivity index (χ1n) is 7.99. The van der Waals surface area contributed by atoms with Crippen LogP contribution in [0.5, 0.6) is 11.5 Å². The second-order valence-electron chi connectivity index (χ2n) is 5.76. The molecule has 0 radical (unpaired) electrons. The van der Waals surface area contributed by atoms with Crippen molar-refractivity contribution >= 4 is 17.3 Å². The first-order valence-corrected chi connectivity index (χ1v) is 7.99. The van der Waals surface area contributed by atoms with Crippen molar-refractivity contribution in [2.45, 2.75) is 12.4 Å². The van der Waals surface area contributed by atoms with Crippen LogP contribution in [0.1, 0.15) is 11.1 Å². The molecule has 2 rings (SSSR count). The highest BCUT2D eigenvalue weighted by Crippen LogP contribution is 2.37. The van der Waals surface area contributed by atoms with Crippen molar-refractivity contribution in [3.05, 3.63) is 47.5 Å². The summed E-state index contributed by atoms with van der Waals surface area (Å²) in [6.07, 6.45) is -9.96. The van der Waals surface area contributed by atoms with Gasteiger partial charge in [0.05, 0.1) is 37.6 Å². The Morgan fingerprint density at radius 1 is 0.897 bits per heavy atom. The van der Waals surface area contributed by atoms with E-state index in [0.29, 0.717) is 17.9 Å². The summed E-state index contributed by atoms with van der Waals surface area (Å²) in [6, 6.07) is 5.54. The van der Waals surface area contributed by atoms with E-state index in [1.807, 2.05) is 0 Å². The average Bonchev–Trinajstić information content (AvgIpc) is 2.64. The number of ether oxygens (including phenoxy) is 2. The fourth-order valence-electron chi connectivity index (χ4n) is 2.35. The van der Waals surface area contributed by atoms with Crippen LogP contribution in [-0.2, 0) is 17.1 Å². The number of amides is 1. The molecule has 158 valence electrons. The predicted molar refractivity (Wildman–Crippen MR) is 93.1 cm³/mol. The van der Waals surface area contributed by atoms with Gasteiger partial charge in [-0.05, 0) is 30.3 Å². The minimum atomic E-state index is -4.98. The van der Waals surface area contributed by atoms with Crippen LogP contribution in [-0.4, -0.2) is 26.7 Å². The first-order chi connectivity index (χ1) is 13.4. The van der Waals surface area contributed by atoms with Gasteiger partial charge in [0.1, 0.15) is 11.5 Å². The lowest BCUT2D eigenvalue weighted by Crippen LogP contribution is -2.22. The Balaban J connectivity index is 2.18. The molecule has 0 atom stereocenters. The van der Waals surface area contributed by atoms with Crippen LogP contribution < -0.4 is 20.1 Å². The molecule has 0 aromatic heterocycles. The zero-order valence-electron chi connectivity index (χ0n) is 15.2. The Morgan fingerprint density at radius 2 is 1.48 bits per heavy atom. The minimum absolute atomic E-state index is 0.00631. The third-order valence-electron chi connectivity index (χ3n) is 3.72. The van der Waals surface area contributed by atoms with E-state index in [1.165, 1.54) is 26.4 Å². The van der Waals surface area contributed by atoms with Crippen LogP contribution in [0.3, 0.4) is 0 Å². The van der Waals surface area contributed by atoms with Gasteiger partial charge in [0, 0.05) is 11.8 Å². The number of carbonyl (C=O) groups excluding carboxylic acids is 1. The molecule has 0 heterocycles.